The first kappa shape index (κ1) is 18.9. The van der Waals surface area contributed by atoms with Gasteiger partial charge in [0.2, 0.25) is 11.8 Å². The average molecular weight is 396 g/mol. The van der Waals surface area contributed by atoms with Gasteiger partial charge in [-0.3, -0.25) is 19.7 Å². The molecule has 0 saturated carbocycles. The monoisotopic (exact) mass is 396 g/mol. The number of hydrogen-bond acceptors (Lipinski definition) is 5. The number of benzene rings is 2. The quantitative estimate of drug-likeness (QED) is 0.675. The molecule has 0 bridgehead atoms. The van der Waals surface area contributed by atoms with Gasteiger partial charge >= 0.3 is 0 Å². The minimum absolute atomic E-state index is 0.211. The largest absolute Gasteiger partial charge is 0.388 e. The first-order chi connectivity index (χ1) is 14.0. The summed E-state index contributed by atoms with van der Waals surface area (Å²) >= 11 is 0. The number of piperidine rings is 1. The smallest absolute Gasteiger partial charge is 0.255 e. The fraction of sp³-hybridized carbons (Fsp3) is 0.286. The van der Waals surface area contributed by atoms with Crippen LogP contribution < -0.4 is 16.0 Å². The first-order valence-electron chi connectivity index (χ1n) is 9.44. The third kappa shape index (κ3) is 3.53. The summed E-state index contributed by atoms with van der Waals surface area (Å²) in [6.45, 7) is 0.521. The lowest BCUT2D eigenvalue weighted by molar-refractivity contribution is -0.136. The van der Waals surface area contributed by atoms with E-state index in [1.54, 1.807) is 31.3 Å². The molecule has 0 radical (unpaired) electrons. The standard InChI is InChI=1S/C21H21FN4O3/c1-23-13-5-6-16(22)12(9-13)10-24-17-4-2-3-14-15(17)11-26(21(14)29)18-7-8-19(27)25-20(18)28/h2-6,9,18,23-24H,7-8,10-11H2,1H3,(H,25,27,28)/t18-/m1/s1. The van der Waals surface area contributed by atoms with Gasteiger partial charge in [-0.15, -0.1) is 0 Å². The molecular weight excluding hydrogens is 375 g/mol. The molecule has 0 aromatic heterocycles. The summed E-state index contributed by atoms with van der Waals surface area (Å²) in [5.41, 5.74) is 3.32. The summed E-state index contributed by atoms with van der Waals surface area (Å²) in [7, 11) is 1.77. The zero-order valence-electron chi connectivity index (χ0n) is 15.9. The Morgan fingerprint density at radius 3 is 2.79 bits per heavy atom. The zero-order chi connectivity index (χ0) is 20.5. The highest BCUT2D eigenvalue weighted by molar-refractivity contribution is 6.06. The van der Waals surface area contributed by atoms with E-state index in [9.17, 15) is 18.8 Å². The van der Waals surface area contributed by atoms with Gasteiger partial charge in [-0.25, -0.2) is 4.39 Å². The number of imide groups is 1. The van der Waals surface area contributed by atoms with Crippen molar-refractivity contribution in [1.29, 1.82) is 0 Å². The molecule has 2 heterocycles. The number of amides is 3. The highest BCUT2D eigenvalue weighted by Gasteiger charge is 2.39. The molecule has 2 aliphatic rings. The van der Waals surface area contributed by atoms with Crippen LogP contribution in [0.15, 0.2) is 36.4 Å². The summed E-state index contributed by atoms with van der Waals surface area (Å²) in [4.78, 5) is 37.9. The Morgan fingerprint density at radius 2 is 2.03 bits per heavy atom. The number of carbonyl (C=O) groups excluding carboxylic acids is 3. The highest BCUT2D eigenvalue weighted by atomic mass is 19.1. The lowest BCUT2D eigenvalue weighted by Crippen LogP contribution is -2.52. The van der Waals surface area contributed by atoms with Gasteiger partial charge in [-0.05, 0) is 36.8 Å². The molecule has 1 atom stereocenters. The molecule has 2 aliphatic heterocycles. The van der Waals surface area contributed by atoms with E-state index in [1.807, 2.05) is 6.07 Å². The minimum Gasteiger partial charge on any atom is -0.388 e. The van der Waals surface area contributed by atoms with Gasteiger partial charge in [0.25, 0.3) is 5.91 Å². The van der Waals surface area contributed by atoms with Gasteiger partial charge in [0.1, 0.15) is 11.9 Å². The van der Waals surface area contributed by atoms with Crippen LogP contribution in [0.4, 0.5) is 15.8 Å². The van der Waals surface area contributed by atoms with Crippen LogP contribution in [-0.2, 0) is 22.7 Å². The van der Waals surface area contributed by atoms with E-state index in [1.165, 1.54) is 11.0 Å². The number of halogens is 1. The Bertz CT molecular complexity index is 1010. The van der Waals surface area contributed by atoms with Gasteiger partial charge in [-0.1, -0.05) is 6.07 Å². The average Bonchev–Trinajstić information content (AvgIpc) is 3.04. The van der Waals surface area contributed by atoms with Gasteiger partial charge in [-0.2, -0.15) is 0 Å². The third-order valence-corrected chi connectivity index (χ3v) is 5.39. The summed E-state index contributed by atoms with van der Waals surface area (Å²) in [5.74, 6) is -1.31. The Hall–Kier alpha value is -3.42. The fourth-order valence-corrected chi connectivity index (χ4v) is 3.81. The van der Waals surface area contributed by atoms with Crippen LogP contribution in [0.3, 0.4) is 0 Å². The van der Waals surface area contributed by atoms with Crippen LogP contribution in [-0.4, -0.2) is 35.7 Å². The first-order valence-corrected chi connectivity index (χ1v) is 9.44. The van der Waals surface area contributed by atoms with Crippen molar-refractivity contribution in [3.05, 3.63) is 58.9 Å². The summed E-state index contributed by atoms with van der Waals surface area (Å²) in [6, 6.07) is 9.45. The summed E-state index contributed by atoms with van der Waals surface area (Å²) < 4.78 is 14.1. The topological polar surface area (TPSA) is 90.5 Å². The molecule has 1 saturated heterocycles. The predicted molar refractivity (Wildman–Crippen MR) is 106 cm³/mol. The predicted octanol–water partition coefficient (Wildman–Crippen LogP) is 2.24. The van der Waals surface area contributed by atoms with Crippen molar-refractivity contribution in [1.82, 2.24) is 10.2 Å². The van der Waals surface area contributed by atoms with Crippen molar-refractivity contribution in [2.75, 3.05) is 17.7 Å². The van der Waals surface area contributed by atoms with Gasteiger partial charge in [0.05, 0.1) is 0 Å². The molecular formula is C21H21FN4O3. The van der Waals surface area contributed by atoms with Gasteiger partial charge in [0.15, 0.2) is 0 Å². The molecule has 7 nitrogen and oxygen atoms in total. The van der Waals surface area contributed by atoms with E-state index in [4.69, 9.17) is 0 Å². The molecule has 0 aliphatic carbocycles. The molecule has 8 heteroatoms. The second-order valence-corrected chi connectivity index (χ2v) is 7.14. The number of anilines is 2. The highest BCUT2D eigenvalue weighted by Crippen LogP contribution is 2.32. The molecule has 1 fully saturated rings. The number of rotatable bonds is 5. The maximum Gasteiger partial charge on any atom is 0.255 e. The normalized spacial score (nSPS) is 18.5. The maximum atomic E-state index is 14.1. The molecule has 0 unspecified atom stereocenters. The molecule has 3 N–H and O–H groups in total. The number of nitrogens with zero attached hydrogens (tertiary/aromatic N) is 1. The molecule has 0 spiro atoms. The van der Waals surface area contributed by atoms with Crippen LogP contribution in [0, 0.1) is 5.82 Å². The summed E-state index contributed by atoms with van der Waals surface area (Å²) in [5, 5.41) is 8.49. The van der Waals surface area contributed by atoms with Crippen molar-refractivity contribution < 1.29 is 18.8 Å². The number of hydrogen-bond donors (Lipinski definition) is 3. The summed E-state index contributed by atoms with van der Waals surface area (Å²) in [6.07, 6.45) is 0.526. The molecule has 2 aromatic carbocycles. The van der Waals surface area contributed by atoms with Crippen LogP contribution in [0.25, 0.3) is 0 Å². The van der Waals surface area contributed by atoms with E-state index >= 15 is 0 Å². The van der Waals surface area contributed by atoms with E-state index in [0.717, 1.165) is 16.9 Å². The van der Waals surface area contributed by atoms with E-state index in [0.29, 0.717) is 17.5 Å². The van der Waals surface area contributed by atoms with Crippen molar-refractivity contribution in [3.8, 4) is 0 Å². The Morgan fingerprint density at radius 1 is 1.21 bits per heavy atom. The van der Waals surface area contributed by atoms with Gasteiger partial charge < -0.3 is 15.5 Å². The van der Waals surface area contributed by atoms with E-state index in [-0.39, 0.29) is 37.1 Å². The fourth-order valence-electron chi connectivity index (χ4n) is 3.81. The lowest BCUT2D eigenvalue weighted by atomic mass is 10.0. The second kappa shape index (κ2) is 7.54. The van der Waals surface area contributed by atoms with Crippen molar-refractivity contribution in [3.63, 3.8) is 0 Å². The third-order valence-electron chi connectivity index (χ3n) is 5.39. The van der Waals surface area contributed by atoms with Crippen molar-refractivity contribution >= 4 is 29.1 Å². The van der Waals surface area contributed by atoms with Crippen LogP contribution in [0.1, 0.15) is 34.3 Å². The Balaban J connectivity index is 1.54. The van der Waals surface area contributed by atoms with E-state index < -0.39 is 11.9 Å². The molecule has 4 rings (SSSR count). The Labute approximate surface area is 167 Å². The minimum atomic E-state index is -0.662. The molecule has 150 valence electrons. The SMILES string of the molecule is CNc1ccc(F)c(CNc2cccc3c2CN([C@@H]2CCC(=O)NC2=O)C3=O)c1. The van der Waals surface area contributed by atoms with Crippen molar-refractivity contribution in [2.24, 2.45) is 0 Å². The molecule has 2 aromatic rings. The maximum absolute atomic E-state index is 14.1. The molecule has 3 amide bonds. The van der Waals surface area contributed by atoms with Crippen molar-refractivity contribution in [2.45, 2.75) is 32.0 Å². The van der Waals surface area contributed by atoms with Crippen LogP contribution in [0.5, 0.6) is 0 Å². The molecule has 29 heavy (non-hydrogen) atoms. The number of carbonyl (C=O) groups is 3. The van der Waals surface area contributed by atoms with E-state index in [2.05, 4.69) is 16.0 Å². The zero-order valence-corrected chi connectivity index (χ0v) is 15.9. The second-order valence-electron chi connectivity index (χ2n) is 7.14. The van der Waals surface area contributed by atoms with Crippen LogP contribution in [0.2, 0.25) is 0 Å². The number of nitrogens with one attached hydrogen (secondary N) is 3. The van der Waals surface area contributed by atoms with Gasteiger partial charge in [0, 0.05) is 54.6 Å². The number of fused-ring (bicyclic) bond motifs is 1. The van der Waals surface area contributed by atoms with Crippen LogP contribution >= 0.6 is 0 Å². The lowest BCUT2D eigenvalue weighted by Gasteiger charge is -2.29. The Kier molecular flexibility index (Phi) is 4.92.